The van der Waals surface area contributed by atoms with Gasteiger partial charge in [-0.1, -0.05) is 0 Å². The number of hydrogen-bond acceptors (Lipinski definition) is 5. The van der Waals surface area contributed by atoms with Crippen molar-refractivity contribution in [1.29, 1.82) is 0 Å². The average Bonchev–Trinajstić information content (AvgIpc) is 3.09. The van der Waals surface area contributed by atoms with E-state index in [-0.39, 0.29) is 16.9 Å². The summed E-state index contributed by atoms with van der Waals surface area (Å²) in [6.07, 6.45) is 0. The van der Waals surface area contributed by atoms with Crippen LogP contribution in [-0.4, -0.2) is 28.8 Å². The Balaban J connectivity index is 1.66. The van der Waals surface area contributed by atoms with Crippen molar-refractivity contribution in [1.82, 2.24) is 15.8 Å². The number of nitro benzene ring substituents is 1. The molecule has 0 unspecified atom stereocenters. The number of amides is 2. The largest absolute Gasteiger partial charge is 0.497 e. The molecule has 9 heteroatoms. The number of fused-ring (bicyclic) bond motifs is 1. The maximum absolute atomic E-state index is 12.2. The van der Waals surface area contributed by atoms with Gasteiger partial charge in [0.1, 0.15) is 11.4 Å². The van der Waals surface area contributed by atoms with Crippen molar-refractivity contribution in [3.63, 3.8) is 0 Å². The summed E-state index contributed by atoms with van der Waals surface area (Å²) in [5.41, 5.74) is 5.58. The number of nitrogens with one attached hydrogen (secondary N) is 3. The standard InChI is InChI=1S/C17H14N4O5/c1-26-13-7-4-11-8-15(18-14(11)9-13)17(23)20-19-16(22)10-2-5-12(6-3-10)21(24)25/h2-9,18H,1H3,(H,19,22)(H,20,23). The lowest BCUT2D eigenvalue weighted by Crippen LogP contribution is -2.41. The quantitative estimate of drug-likeness (QED) is 0.489. The molecule has 2 amide bonds. The van der Waals surface area contributed by atoms with Crippen molar-refractivity contribution in [3.05, 3.63) is 69.9 Å². The maximum atomic E-state index is 12.2. The molecule has 1 heterocycles. The first kappa shape index (κ1) is 17.0. The third-order valence-corrected chi connectivity index (χ3v) is 3.70. The van der Waals surface area contributed by atoms with Gasteiger partial charge < -0.3 is 9.72 Å². The average molecular weight is 354 g/mol. The number of methoxy groups -OCH3 is 1. The summed E-state index contributed by atoms with van der Waals surface area (Å²) in [5.74, 6) is -0.473. The number of aromatic nitrogens is 1. The Morgan fingerprint density at radius 3 is 2.38 bits per heavy atom. The van der Waals surface area contributed by atoms with E-state index < -0.39 is 16.7 Å². The highest BCUT2D eigenvalue weighted by molar-refractivity contribution is 6.01. The zero-order valence-corrected chi connectivity index (χ0v) is 13.6. The van der Waals surface area contributed by atoms with Crippen LogP contribution in [0.3, 0.4) is 0 Å². The number of benzene rings is 2. The normalized spacial score (nSPS) is 10.3. The summed E-state index contributed by atoms with van der Waals surface area (Å²) in [5, 5.41) is 11.4. The second kappa shape index (κ2) is 6.93. The van der Waals surface area contributed by atoms with Gasteiger partial charge in [-0.25, -0.2) is 0 Å². The Hall–Kier alpha value is -3.88. The van der Waals surface area contributed by atoms with Gasteiger partial charge in [0.05, 0.1) is 12.0 Å². The van der Waals surface area contributed by atoms with Crippen LogP contribution < -0.4 is 15.6 Å². The second-order valence-corrected chi connectivity index (χ2v) is 5.35. The number of hydrogen-bond donors (Lipinski definition) is 3. The molecule has 0 fully saturated rings. The summed E-state index contributed by atoms with van der Waals surface area (Å²) in [4.78, 5) is 37.1. The van der Waals surface area contributed by atoms with Crippen LogP contribution in [0.25, 0.3) is 10.9 Å². The summed E-state index contributed by atoms with van der Waals surface area (Å²) < 4.78 is 5.12. The van der Waals surface area contributed by atoms with E-state index in [1.54, 1.807) is 31.4 Å². The Bertz CT molecular complexity index is 994. The zero-order valence-electron chi connectivity index (χ0n) is 13.6. The summed E-state index contributed by atoms with van der Waals surface area (Å²) in [6.45, 7) is 0. The number of nitrogens with zero attached hydrogens (tertiary/aromatic N) is 1. The Morgan fingerprint density at radius 1 is 1.04 bits per heavy atom. The lowest BCUT2D eigenvalue weighted by Gasteiger charge is -2.06. The van der Waals surface area contributed by atoms with E-state index in [4.69, 9.17) is 4.74 Å². The van der Waals surface area contributed by atoms with Crippen LogP contribution >= 0.6 is 0 Å². The minimum atomic E-state index is -0.592. The molecule has 0 atom stereocenters. The smallest absolute Gasteiger partial charge is 0.286 e. The van der Waals surface area contributed by atoms with E-state index in [0.717, 1.165) is 10.9 Å². The number of nitro groups is 1. The molecule has 9 nitrogen and oxygen atoms in total. The summed E-state index contributed by atoms with van der Waals surface area (Å²) in [7, 11) is 1.55. The van der Waals surface area contributed by atoms with E-state index in [1.165, 1.54) is 24.3 Å². The van der Waals surface area contributed by atoms with Crippen LogP contribution in [0, 0.1) is 10.1 Å². The molecule has 3 aromatic rings. The number of carbonyl (C=O) groups is 2. The number of carbonyl (C=O) groups excluding carboxylic acids is 2. The second-order valence-electron chi connectivity index (χ2n) is 5.35. The van der Waals surface area contributed by atoms with Crippen molar-refractivity contribution in [2.45, 2.75) is 0 Å². The topological polar surface area (TPSA) is 126 Å². The number of non-ortho nitro benzene ring substituents is 1. The molecule has 0 saturated carbocycles. The van der Waals surface area contributed by atoms with Crippen molar-refractivity contribution < 1.29 is 19.2 Å². The molecule has 0 spiro atoms. The van der Waals surface area contributed by atoms with E-state index in [0.29, 0.717) is 5.75 Å². The van der Waals surface area contributed by atoms with Crippen molar-refractivity contribution in [2.75, 3.05) is 7.11 Å². The number of rotatable bonds is 4. The van der Waals surface area contributed by atoms with Crippen LogP contribution in [0.2, 0.25) is 0 Å². The molecule has 3 N–H and O–H groups in total. The lowest BCUT2D eigenvalue weighted by atomic mass is 10.2. The third kappa shape index (κ3) is 3.46. The molecular formula is C17H14N4O5. The Kier molecular flexibility index (Phi) is 4.52. The first-order chi connectivity index (χ1) is 12.5. The molecule has 0 saturated heterocycles. The third-order valence-electron chi connectivity index (χ3n) is 3.70. The molecule has 2 aromatic carbocycles. The zero-order chi connectivity index (χ0) is 18.7. The summed E-state index contributed by atoms with van der Waals surface area (Å²) in [6, 6.07) is 12.0. The van der Waals surface area contributed by atoms with Crippen LogP contribution in [0.5, 0.6) is 5.75 Å². The Labute approximate surface area is 147 Å². The van der Waals surface area contributed by atoms with Crippen molar-refractivity contribution in [3.8, 4) is 5.75 Å². The fourth-order valence-electron chi connectivity index (χ4n) is 2.34. The van der Waals surface area contributed by atoms with Gasteiger partial charge in [-0.05, 0) is 30.3 Å². The molecule has 0 aliphatic rings. The predicted molar refractivity (Wildman–Crippen MR) is 92.9 cm³/mol. The van der Waals surface area contributed by atoms with Crippen LogP contribution in [-0.2, 0) is 0 Å². The highest BCUT2D eigenvalue weighted by Gasteiger charge is 2.13. The number of H-pyrrole nitrogens is 1. The first-order valence-electron chi connectivity index (χ1n) is 7.50. The number of aromatic amines is 1. The van der Waals surface area contributed by atoms with Gasteiger partial charge in [0.15, 0.2) is 0 Å². The van der Waals surface area contributed by atoms with Gasteiger partial charge in [0, 0.05) is 34.7 Å². The van der Waals surface area contributed by atoms with Gasteiger partial charge >= 0.3 is 0 Å². The number of ether oxygens (including phenoxy) is 1. The van der Waals surface area contributed by atoms with E-state index in [2.05, 4.69) is 15.8 Å². The predicted octanol–water partition coefficient (Wildman–Crippen LogP) is 2.16. The van der Waals surface area contributed by atoms with Crippen LogP contribution in [0.1, 0.15) is 20.8 Å². The van der Waals surface area contributed by atoms with E-state index in [1.807, 2.05) is 0 Å². The Morgan fingerprint density at radius 2 is 1.73 bits per heavy atom. The highest BCUT2D eigenvalue weighted by Crippen LogP contribution is 2.21. The van der Waals surface area contributed by atoms with E-state index >= 15 is 0 Å². The molecule has 132 valence electrons. The molecule has 26 heavy (non-hydrogen) atoms. The molecule has 0 bridgehead atoms. The molecule has 0 radical (unpaired) electrons. The molecular weight excluding hydrogens is 340 g/mol. The molecule has 0 aliphatic heterocycles. The lowest BCUT2D eigenvalue weighted by molar-refractivity contribution is -0.384. The fourth-order valence-corrected chi connectivity index (χ4v) is 2.34. The van der Waals surface area contributed by atoms with Gasteiger partial charge in [0.25, 0.3) is 17.5 Å². The number of hydrazine groups is 1. The highest BCUT2D eigenvalue weighted by atomic mass is 16.6. The van der Waals surface area contributed by atoms with E-state index in [9.17, 15) is 19.7 Å². The molecule has 1 aromatic heterocycles. The summed E-state index contributed by atoms with van der Waals surface area (Å²) >= 11 is 0. The van der Waals surface area contributed by atoms with Crippen LogP contribution in [0.15, 0.2) is 48.5 Å². The monoisotopic (exact) mass is 354 g/mol. The minimum absolute atomic E-state index is 0.126. The molecule has 0 aliphatic carbocycles. The van der Waals surface area contributed by atoms with Gasteiger partial charge in [0.2, 0.25) is 0 Å². The van der Waals surface area contributed by atoms with Gasteiger partial charge in [-0.2, -0.15) is 0 Å². The van der Waals surface area contributed by atoms with Gasteiger partial charge in [-0.3, -0.25) is 30.6 Å². The van der Waals surface area contributed by atoms with Crippen LogP contribution in [0.4, 0.5) is 5.69 Å². The van der Waals surface area contributed by atoms with Crippen molar-refractivity contribution >= 4 is 28.4 Å². The maximum Gasteiger partial charge on any atom is 0.286 e. The first-order valence-corrected chi connectivity index (χ1v) is 7.50. The minimum Gasteiger partial charge on any atom is -0.497 e. The van der Waals surface area contributed by atoms with Gasteiger partial charge in [-0.15, -0.1) is 0 Å². The SMILES string of the molecule is COc1ccc2cc(C(=O)NNC(=O)c3ccc([N+](=O)[O-])cc3)[nH]c2c1. The fraction of sp³-hybridized carbons (Fsp3) is 0.0588. The molecule has 3 rings (SSSR count). The van der Waals surface area contributed by atoms with Crippen molar-refractivity contribution in [2.24, 2.45) is 0 Å².